The Morgan fingerprint density at radius 3 is 2.54 bits per heavy atom. The van der Waals surface area contributed by atoms with Crippen LogP contribution in [0.4, 0.5) is 0 Å². The van der Waals surface area contributed by atoms with E-state index < -0.39 is 23.6 Å². The third kappa shape index (κ3) is 4.64. The third-order valence-corrected chi connectivity index (χ3v) is 8.05. The Morgan fingerprint density at radius 2 is 1.97 bits per heavy atom. The van der Waals surface area contributed by atoms with Gasteiger partial charge in [0, 0.05) is 31.3 Å². The van der Waals surface area contributed by atoms with Gasteiger partial charge in [0.05, 0.1) is 34.0 Å². The Bertz CT molecular complexity index is 1110. The lowest BCUT2D eigenvalue weighted by atomic mass is 9.85. The predicted octanol–water partition coefficient (Wildman–Crippen LogP) is 2.36. The standard InChI is InChI=1S/C24H34BrN7O3/c1-14(24(7-8-24)32-11-16(25)10-26-32)27-21(34)19-9-17(33)12-30(19)22(35)20(23(2,3)4)31-13-18(28-29-31)15-5-6-15/h10-11,13-15,17,19-20,33H,5-9,12H2,1-4H3,(H,27,34)/t14?,17?,19?,20-/m1/s1. The molecule has 1 aliphatic heterocycles. The first-order valence-corrected chi connectivity index (χ1v) is 13.2. The van der Waals surface area contributed by atoms with Gasteiger partial charge < -0.3 is 15.3 Å². The highest BCUT2D eigenvalue weighted by atomic mass is 79.9. The van der Waals surface area contributed by atoms with Gasteiger partial charge in [0.1, 0.15) is 12.1 Å². The number of β-amino-alcohol motifs (C(OH)–C–C–N with tert-alkyl or cyclic N) is 1. The van der Waals surface area contributed by atoms with Gasteiger partial charge in [0.25, 0.3) is 0 Å². The number of carbonyl (C=O) groups is 2. The molecule has 0 bridgehead atoms. The second-order valence-corrected chi connectivity index (χ2v) is 12.4. The largest absolute Gasteiger partial charge is 0.391 e. The Hall–Kier alpha value is -2.27. The molecule has 2 aromatic heterocycles. The highest BCUT2D eigenvalue weighted by Gasteiger charge is 2.52. The molecule has 3 fully saturated rings. The number of nitrogens with one attached hydrogen (secondary N) is 1. The van der Waals surface area contributed by atoms with Crippen LogP contribution in [0.3, 0.4) is 0 Å². The van der Waals surface area contributed by atoms with Crippen molar-refractivity contribution in [2.45, 2.75) is 95.5 Å². The molecule has 190 valence electrons. The molecular formula is C24H34BrN7O3. The summed E-state index contributed by atoms with van der Waals surface area (Å²) < 4.78 is 4.45. The van der Waals surface area contributed by atoms with Crippen molar-refractivity contribution in [2.24, 2.45) is 5.41 Å². The lowest BCUT2D eigenvalue weighted by Crippen LogP contribution is -2.54. The Labute approximate surface area is 213 Å². The number of rotatable bonds is 7. The van der Waals surface area contributed by atoms with Gasteiger partial charge in [-0.2, -0.15) is 5.10 Å². The Balaban J connectivity index is 1.34. The van der Waals surface area contributed by atoms with Crippen LogP contribution in [0.15, 0.2) is 23.1 Å². The first-order chi connectivity index (χ1) is 16.5. The Morgan fingerprint density at radius 1 is 1.26 bits per heavy atom. The zero-order chi connectivity index (χ0) is 25.1. The van der Waals surface area contributed by atoms with Crippen LogP contribution < -0.4 is 5.32 Å². The SMILES string of the molecule is CC(NC(=O)C1CC(O)CN1C(=O)[C@@H](n1cc(C2CC2)nn1)C(C)(C)C)C1(n2cc(Br)cn2)CC1. The van der Waals surface area contributed by atoms with Crippen molar-refractivity contribution in [1.82, 2.24) is 35.0 Å². The summed E-state index contributed by atoms with van der Waals surface area (Å²) in [5, 5.41) is 26.6. The molecule has 11 heteroatoms. The fourth-order valence-corrected chi connectivity index (χ4v) is 5.59. The molecule has 4 atom stereocenters. The first-order valence-electron chi connectivity index (χ1n) is 12.4. The minimum Gasteiger partial charge on any atom is -0.391 e. The molecule has 3 heterocycles. The van der Waals surface area contributed by atoms with E-state index >= 15 is 0 Å². The minimum atomic E-state index is -0.750. The zero-order valence-corrected chi connectivity index (χ0v) is 22.3. The summed E-state index contributed by atoms with van der Waals surface area (Å²) in [6.45, 7) is 8.05. The molecule has 35 heavy (non-hydrogen) atoms. The van der Waals surface area contributed by atoms with Crippen LogP contribution in [0.5, 0.6) is 0 Å². The summed E-state index contributed by atoms with van der Waals surface area (Å²) in [7, 11) is 0. The van der Waals surface area contributed by atoms with Crippen LogP contribution in [0.25, 0.3) is 0 Å². The molecular weight excluding hydrogens is 514 g/mol. The highest BCUT2D eigenvalue weighted by Crippen LogP contribution is 2.46. The molecule has 3 aliphatic rings. The Kier molecular flexibility index (Phi) is 6.06. The molecule has 1 saturated heterocycles. The van der Waals surface area contributed by atoms with Crippen molar-refractivity contribution >= 4 is 27.7 Å². The number of likely N-dealkylation sites (tertiary alicyclic amines) is 1. The smallest absolute Gasteiger partial charge is 0.248 e. The number of hydrogen-bond acceptors (Lipinski definition) is 6. The molecule has 3 unspecified atom stereocenters. The van der Waals surface area contributed by atoms with Gasteiger partial charge in [0.15, 0.2) is 0 Å². The molecule has 0 radical (unpaired) electrons. The zero-order valence-electron chi connectivity index (χ0n) is 20.7. The monoisotopic (exact) mass is 547 g/mol. The van der Waals surface area contributed by atoms with E-state index in [0.717, 1.165) is 35.8 Å². The van der Waals surface area contributed by atoms with E-state index in [1.807, 2.05) is 44.8 Å². The van der Waals surface area contributed by atoms with Crippen molar-refractivity contribution in [3.8, 4) is 0 Å². The molecule has 2 aliphatic carbocycles. The number of aliphatic hydroxyl groups is 1. The van der Waals surface area contributed by atoms with Gasteiger partial charge in [-0.15, -0.1) is 5.10 Å². The number of carbonyl (C=O) groups excluding carboxylic acids is 2. The molecule has 2 aromatic rings. The average Bonchev–Trinajstić information content (AvgIpc) is 3.66. The fraction of sp³-hybridized carbons (Fsp3) is 0.708. The second kappa shape index (κ2) is 8.69. The van der Waals surface area contributed by atoms with E-state index in [0.29, 0.717) is 5.92 Å². The third-order valence-electron chi connectivity index (χ3n) is 7.64. The summed E-state index contributed by atoms with van der Waals surface area (Å²) in [4.78, 5) is 28.9. The van der Waals surface area contributed by atoms with E-state index in [1.165, 1.54) is 4.90 Å². The summed E-state index contributed by atoms with van der Waals surface area (Å²) in [6.07, 6.45) is 9.03. The van der Waals surface area contributed by atoms with Crippen molar-refractivity contribution in [1.29, 1.82) is 0 Å². The van der Waals surface area contributed by atoms with Crippen LogP contribution in [0.1, 0.15) is 77.5 Å². The molecule has 2 N–H and O–H groups in total. The van der Waals surface area contributed by atoms with E-state index in [-0.39, 0.29) is 36.4 Å². The van der Waals surface area contributed by atoms with Crippen LogP contribution in [0, 0.1) is 5.41 Å². The van der Waals surface area contributed by atoms with E-state index in [9.17, 15) is 14.7 Å². The van der Waals surface area contributed by atoms with Crippen LogP contribution >= 0.6 is 15.9 Å². The van der Waals surface area contributed by atoms with E-state index in [2.05, 4.69) is 36.7 Å². The number of nitrogens with zero attached hydrogens (tertiary/aromatic N) is 6. The average molecular weight is 548 g/mol. The lowest BCUT2D eigenvalue weighted by molar-refractivity contribution is -0.144. The summed E-state index contributed by atoms with van der Waals surface area (Å²) in [5.41, 5.74) is 0.192. The fourth-order valence-electron chi connectivity index (χ4n) is 5.30. The van der Waals surface area contributed by atoms with Gasteiger partial charge >= 0.3 is 0 Å². The van der Waals surface area contributed by atoms with Gasteiger partial charge in [-0.25, -0.2) is 4.68 Å². The van der Waals surface area contributed by atoms with Crippen molar-refractivity contribution in [3.63, 3.8) is 0 Å². The first kappa shape index (κ1) is 24.4. The lowest BCUT2D eigenvalue weighted by Gasteiger charge is -2.35. The molecule has 10 nitrogen and oxygen atoms in total. The van der Waals surface area contributed by atoms with Crippen molar-refractivity contribution in [2.75, 3.05) is 6.54 Å². The number of aliphatic hydroxyl groups excluding tert-OH is 1. The van der Waals surface area contributed by atoms with Gasteiger partial charge in [0.2, 0.25) is 11.8 Å². The number of aromatic nitrogens is 5. The van der Waals surface area contributed by atoms with Crippen molar-refractivity contribution < 1.29 is 14.7 Å². The number of hydrogen-bond donors (Lipinski definition) is 2. The van der Waals surface area contributed by atoms with Crippen LogP contribution in [0.2, 0.25) is 0 Å². The van der Waals surface area contributed by atoms with Crippen molar-refractivity contribution in [3.05, 3.63) is 28.8 Å². The number of amides is 2. The van der Waals surface area contributed by atoms with E-state index in [4.69, 9.17) is 0 Å². The summed E-state index contributed by atoms with van der Waals surface area (Å²) in [5.74, 6) is -0.0331. The molecule has 2 amide bonds. The van der Waals surface area contributed by atoms with Crippen LogP contribution in [-0.4, -0.2) is 71.3 Å². The van der Waals surface area contributed by atoms with Crippen LogP contribution in [-0.2, 0) is 15.1 Å². The maximum absolute atomic E-state index is 13.9. The quantitative estimate of drug-likeness (QED) is 0.549. The molecule has 0 aromatic carbocycles. The molecule has 5 rings (SSSR count). The number of halogens is 1. The van der Waals surface area contributed by atoms with Gasteiger partial charge in [-0.3, -0.25) is 14.3 Å². The predicted molar refractivity (Wildman–Crippen MR) is 131 cm³/mol. The normalized spacial score (nSPS) is 25.4. The topological polar surface area (TPSA) is 118 Å². The maximum atomic E-state index is 13.9. The molecule has 0 spiro atoms. The summed E-state index contributed by atoms with van der Waals surface area (Å²) in [6, 6.07) is -1.54. The molecule has 2 saturated carbocycles. The maximum Gasteiger partial charge on any atom is 0.248 e. The summed E-state index contributed by atoms with van der Waals surface area (Å²) >= 11 is 3.44. The minimum absolute atomic E-state index is 0.124. The second-order valence-electron chi connectivity index (χ2n) is 11.5. The van der Waals surface area contributed by atoms with Gasteiger partial charge in [-0.05, 0) is 54.0 Å². The highest BCUT2D eigenvalue weighted by molar-refractivity contribution is 9.10. The van der Waals surface area contributed by atoms with Gasteiger partial charge in [-0.1, -0.05) is 26.0 Å². The van der Waals surface area contributed by atoms with E-state index in [1.54, 1.807) is 10.9 Å².